The standard InChI is InChI=1S/C15H14BrNO/c16-12-7-8-13(14(17)10-12)15(18)9-6-11-4-2-1-3-5-11/h1-5,7-8,10H,6,9,17H2. The second kappa shape index (κ2) is 5.83. The van der Waals surface area contributed by atoms with Gasteiger partial charge in [-0.25, -0.2) is 0 Å². The van der Waals surface area contributed by atoms with Gasteiger partial charge in [0.25, 0.3) is 0 Å². The second-order valence-corrected chi connectivity index (χ2v) is 5.06. The number of benzene rings is 2. The summed E-state index contributed by atoms with van der Waals surface area (Å²) in [6.45, 7) is 0. The smallest absolute Gasteiger partial charge is 0.165 e. The molecule has 0 unspecified atom stereocenters. The van der Waals surface area contributed by atoms with E-state index < -0.39 is 0 Å². The Morgan fingerprint density at radius 1 is 1.11 bits per heavy atom. The van der Waals surface area contributed by atoms with Crippen molar-refractivity contribution in [2.24, 2.45) is 0 Å². The minimum Gasteiger partial charge on any atom is -0.398 e. The van der Waals surface area contributed by atoms with Gasteiger partial charge in [-0.2, -0.15) is 0 Å². The van der Waals surface area contributed by atoms with Crippen LogP contribution in [0.5, 0.6) is 0 Å². The zero-order valence-corrected chi connectivity index (χ0v) is 11.5. The molecule has 3 heteroatoms. The Morgan fingerprint density at radius 2 is 1.83 bits per heavy atom. The van der Waals surface area contributed by atoms with Crippen molar-refractivity contribution in [1.82, 2.24) is 0 Å². The molecular formula is C15H14BrNO. The third-order valence-corrected chi connectivity index (χ3v) is 3.29. The van der Waals surface area contributed by atoms with Gasteiger partial charge in [0.15, 0.2) is 5.78 Å². The maximum absolute atomic E-state index is 12.1. The Hall–Kier alpha value is -1.61. The van der Waals surface area contributed by atoms with Crippen molar-refractivity contribution in [3.63, 3.8) is 0 Å². The van der Waals surface area contributed by atoms with Gasteiger partial charge < -0.3 is 5.73 Å². The maximum Gasteiger partial charge on any atom is 0.165 e. The molecule has 0 fully saturated rings. The molecule has 0 aliphatic rings. The summed E-state index contributed by atoms with van der Waals surface area (Å²) >= 11 is 3.33. The second-order valence-electron chi connectivity index (χ2n) is 4.14. The Kier molecular flexibility index (Phi) is 4.15. The molecule has 0 saturated carbocycles. The van der Waals surface area contributed by atoms with E-state index in [1.54, 1.807) is 12.1 Å². The van der Waals surface area contributed by atoms with Gasteiger partial charge in [-0.1, -0.05) is 46.3 Å². The summed E-state index contributed by atoms with van der Waals surface area (Å²) in [5, 5.41) is 0. The highest BCUT2D eigenvalue weighted by molar-refractivity contribution is 9.10. The number of nitrogens with two attached hydrogens (primary N) is 1. The van der Waals surface area contributed by atoms with Crippen LogP contribution >= 0.6 is 15.9 Å². The van der Waals surface area contributed by atoms with Gasteiger partial charge in [0, 0.05) is 22.1 Å². The topological polar surface area (TPSA) is 43.1 Å². The number of halogens is 1. The summed E-state index contributed by atoms with van der Waals surface area (Å²) in [4.78, 5) is 12.1. The lowest BCUT2D eigenvalue weighted by molar-refractivity contribution is 0.0983. The van der Waals surface area contributed by atoms with E-state index in [4.69, 9.17) is 5.73 Å². The van der Waals surface area contributed by atoms with E-state index in [2.05, 4.69) is 15.9 Å². The zero-order valence-electron chi connectivity index (χ0n) is 9.90. The Balaban J connectivity index is 2.04. The molecule has 0 atom stereocenters. The first kappa shape index (κ1) is 12.8. The van der Waals surface area contributed by atoms with Gasteiger partial charge in [-0.3, -0.25) is 4.79 Å². The normalized spacial score (nSPS) is 10.3. The van der Waals surface area contributed by atoms with E-state index in [0.29, 0.717) is 17.7 Å². The number of nitrogen functional groups attached to an aromatic ring is 1. The van der Waals surface area contributed by atoms with Crippen molar-refractivity contribution in [2.75, 3.05) is 5.73 Å². The van der Waals surface area contributed by atoms with E-state index in [9.17, 15) is 4.79 Å². The average molecular weight is 304 g/mol. The van der Waals surface area contributed by atoms with Crippen LogP contribution in [0.15, 0.2) is 53.0 Å². The van der Waals surface area contributed by atoms with E-state index >= 15 is 0 Å². The molecular weight excluding hydrogens is 290 g/mol. The summed E-state index contributed by atoms with van der Waals surface area (Å²) in [6, 6.07) is 15.4. The van der Waals surface area contributed by atoms with Crippen LogP contribution in [0, 0.1) is 0 Å². The number of hydrogen-bond acceptors (Lipinski definition) is 2. The molecule has 18 heavy (non-hydrogen) atoms. The highest BCUT2D eigenvalue weighted by atomic mass is 79.9. The molecule has 2 N–H and O–H groups in total. The van der Waals surface area contributed by atoms with Crippen LogP contribution in [0.3, 0.4) is 0 Å². The first-order valence-electron chi connectivity index (χ1n) is 5.79. The molecule has 2 aromatic rings. The number of carbonyl (C=O) groups is 1. The van der Waals surface area contributed by atoms with E-state index in [1.807, 2.05) is 36.4 Å². The highest BCUT2D eigenvalue weighted by Crippen LogP contribution is 2.20. The number of anilines is 1. The fourth-order valence-corrected chi connectivity index (χ4v) is 2.20. The van der Waals surface area contributed by atoms with Crippen molar-refractivity contribution < 1.29 is 4.79 Å². The molecule has 0 aliphatic carbocycles. The van der Waals surface area contributed by atoms with Crippen LogP contribution in [0.1, 0.15) is 22.3 Å². The lowest BCUT2D eigenvalue weighted by atomic mass is 10.0. The van der Waals surface area contributed by atoms with Crippen molar-refractivity contribution in [1.29, 1.82) is 0 Å². The lowest BCUT2D eigenvalue weighted by Gasteiger charge is -2.05. The third-order valence-electron chi connectivity index (χ3n) is 2.80. The molecule has 0 heterocycles. The predicted molar refractivity (Wildman–Crippen MR) is 77.6 cm³/mol. The number of hydrogen-bond donors (Lipinski definition) is 1. The van der Waals surface area contributed by atoms with E-state index in [-0.39, 0.29) is 5.78 Å². The molecule has 0 spiro atoms. The molecule has 0 amide bonds. The van der Waals surface area contributed by atoms with Crippen LogP contribution in [-0.2, 0) is 6.42 Å². The number of rotatable bonds is 4. The molecule has 2 aromatic carbocycles. The Morgan fingerprint density at radius 3 is 2.50 bits per heavy atom. The van der Waals surface area contributed by atoms with Crippen molar-refractivity contribution in [3.05, 3.63) is 64.1 Å². The minimum absolute atomic E-state index is 0.0869. The fraction of sp³-hybridized carbons (Fsp3) is 0.133. The van der Waals surface area contributed by atoms with Crippen LogP contribution in [0.4, 0.5) is 5.69 Å². The Labute approximate surface area is 115 Å². The molecule has 0 aromatic heterocycles. The third kappa shape index (κ3) is 3.20. The van der Waals surface area contributed by atoms with E-state index in [0.717, 1.165) is 10.9 Å². The number of aryl methyl sites for hydroxylation is 1. The van der Waals surface area contributed by atoms with Crippen molar-refractivity contribution >= 4 is 27.4 Å². The molecule has 2 rings (SSSR count). The predicted octanol–water partition coefficient (Wildman–Crippen LogP) is 3.85. The maximum atomic E-state index is 12.1. The summed E-state index contributed by atoms with van der Waals surface area (Å²) in [6.07, 6.45) is 1.23. The van der Waals surface area contributed by atoms with Crippen LogP contribution in [-0.4, -0.2) is 5.78 Å². The number of ketones is 1. The fourth-order valence-electron chi connectivity index (χ4n) is 1.82. The van der Waals surface area contributed by atoms with Crippen LogP contribution < -0.4 is 5.73 Å². The van der Waals surface area contributed by atoms with Crippen molar-refractivity contribution in [3.8, 4) is 0 Å². The Bertz CT molecular complexity index is 552. The first-order valence-corrected chi connectivity index (χ1v) is 6.58. The van der Waals surface area contributed by atoms with Gasteiger partial charge in [-0.05, 0) is 30.2 Å². The average Bonchev–Trinajstić information content (AvgIpc) is 2.37. The lowest BCUT2D eigenvalue weighted by Crippen LogP contribution is -2.05. The van der Waals surface area contributed by atoms with E-state index in [1.165, 1.54) is 5.56 Å². The summed E-state index contributed by atoms with van der Waals surface area (Å²) in [5.74, 6) is 0.0869. The molecule has 0 aliphatic heterocycles. The zero-order chi connectivity index (χ0) is 13.0. The SMILES string of the molecule is Nc1cc(Br)ccc1C(=O)CCc1ccccc1. The number of Topliss-reactive ketones (excluding diaryl/α,β-unsaturated/α-hetero) is 1. The van der Waals surface area contributed by atoms with Gasteiger partial charge in [0.1, 0.15) is 0 Å². The van der Waals surface area contributed by atoms with Gasteiger partial charge in [0.05, 0.1) is 0 Å². The highest BCUT2D eigenvalue weighted by Gasteiger charge is 2.09. The van der Waals surface area contributed by atoms with Gasteiger partial charge in [-0.15, -0.1) is 0 Å². The number of carbonyl (C=O) groups excluding carboxylic acids is 1. The van der Waals surface area contributed by atoms with Gasteiger partial charge in [0.2, 0.25) is 0 Å². The molecule has 0 bridgehead atoms. The minimum atomic E-state index is 0.0869. The van der Waals surface area contributed by atoms with Crippen LogP contribution in [0.2, 0.25) is 0 Å². The molecule has 92 valence electrons. The quantitative estimate of drug-likeness (QED) is 0.689. The monoisotopic (exact) mass is 303 g/mol. The molecule has 0 radical (unpaired) electrons. The summed E-state index contributed by atoms with van der Waals surface area (Å²) in [7, 11) is 0. The van der Waals surface area contributed by atoms with Gasteiger partial charge >= 0.3 is 0 Å². The molecule has 2 nitrogen and oxygen atoms in total. The van der Waals surface area contributed by atoms with Crippen LogP contribution in [0.25, 0.3) is 0 Å². The molecule has 0 saturated heterocycles. The largest absolute Gasteiger partial charge is 0.398 e. The summed E-state index contributed by atoms with van der Waals surface area (Å²) in [5.41, 5.74) is 8.14. The first-order chi connectivity index (χ1) is 8.66. The summed E-state index contributed by atoms with van der Waals surface area (Å²) < 4.78 is 0.889. The van der Waals surface area contributed by atoms with Crippen molar-refractivity contribution in [2.45, 2.75) is 12.8 Å².